The van der Waals surface area contributed by atoms with Crippen molar-refractivity contribution in [3.05, 3.63) is 40.5 Å². The Morgan fingerprint density at radius 3 is 2.73 bits per heavy atom. The summed E-state index contributed by atoms with van der Waals surface area (Å²) in [6.07, 6.45) is 8.07. The molecule has 7 nitrogen and oxygen atoms in total. The van der Waals surface area contributed by atoms with Crippen molar-refractivity contribution in [3.8, 4) is 0 Å². The fraction of sp³-hybridized carbons (Fsp3) is 0.560. The number of amides is 1. The van der Waals surface area contributed by atoms with Gasteiger partial charge in [0.15, 0.2) is 0 Å². The van der Waals surface area contributed by atoms with Crippen molar-refractivity contribution in [2.75, 3.05) is 43.9 Å². The summed E-state index contributed by atoms with van der Waals surface area (Å²) in [6, 6.07) is 6.60. The van der Waals surface area contributed by atoms with Gasteiger partial charge in [-0.15, -0.1) is 0 Å². The second-order valence-electron chi connectivity index (χ2n) is 9.28. The molecule has 0 unspecified atom stereocenters. The number of halogens is 1. The average molecular weight is 471 g/mol. The number of hydrogen-bond acceptors (Lipinski definition) is 6. The molecule has 1 amide bonds. The lowest BCUT2D eigenvalue weighted by atomic mass is 9.84. The van der Waals surface area contributed by atoms with Crippen LogP contribution < -0.4 is 16.0 Å². The molecule has 8 heteroatoms. The molecule has 0 bridgehead atoms. The number of carbonyl (C=O) groups is 1. The number of nitrogens with zero attached hydrogens (tertiary/aromatic N) is 3. The van der Waals surface area contributed by atoms with E-state index in [9.17, 15) is 4.79 Å². The van der Waals surface area contributed by atoms with E-state index in [4.69, 9.17) is 11.6 Å². The number of aryl methyl sites for hydroxylation is 1. The lowest BCUT2D eigenvalue weighted by molar-refractivity contribution is -0.136. The number of carbonyl (C=O) groups excluding carboxylic acids is 1. The third-order valence-electron chi connectivity index (χ3n) is 6.84. The zero-order valence-corrected chi connectivity index (χ0v) is 20.4. The van der Waals surface area contributed by atoms with Crippen molar-refractivity contribution in [1.82, 2.24) is 20.2 Å². The van der Waals surface area contributed by atoms with Crippen molar-refractivity contribution in [2.45, 2.75) is 51.4 Å². The Kier molecular flexibility index (Phi) is 8.04. The normalized spacial score (nSPS) is 16.8. The summed E-state index contributed by atoms with van der Waals surface area (Å²) in [7, 11) is 1.89. The molecule has 1 aliphatic heterocycles. The van der Waals surface area contributed by atoms with Gasteiger partial charge in [0.05, 0.1) is 6.20 Å². The lowest BCUT2D eigenvalue weighted by Crippen LogP contribution is -2.37. The molecule has 1 aliphatic carbocycles. The highest BCUT2D eigenvalue weighted by molar-refractivity contribution is 6.32. The van der Waals surface area contributed by atoms with Gasteiger partial charge in [0, 0.05) is 31.7 Å². The fourth-order valence-corrected chi connectivity index (χ4v) is 4.67. The molecule has 0 spiro atoms. The summed E-state index contributed by atoms with van der Waals surface area (Å²) in [5, 5.41) is 10.5. The highest BCUT2D eigenvalue weighted by Crippen LogP contribution is 2.30. The van der Waals surface area contributed by atoms with Crippen LogP contribution in [0.15, 0.2) is 24.4 Å². The molecule has 33 heavy (non-hydrogen) atoms. The van der Waals surface area contributed by atoms with Gasteiger partial charge in [0.1, 0.15) is 10.8 Å². The van der Waals surface area contributed by atoms with E-state index in [0.29, 0.717) is 29.3 Å². The Hall–Kier alpha value is -2.38. The maximum Gasteiger partial charge on any atom is 0.229 e. The first-order valence-corrected chi connectivity index (χ1v) is 12.5. The minimum absolute atomic E-state index is 0.241. The number of hydrogen-bond donors (Lipinski definition) is 3. The van der Waals surface area contributed by atoms with E-state index in [1.807, 2.05) is 11.9 Å². The molecule has 2 heterocycles. The summed E-state index contributed by atoms with van der Waals surface area (Å²) in [5.41, 5.74) is 3.58. The highest BCUT2D eigenvalue weighted by atomic mass is 35.5. The van der Waals surface area contributed by atoms with Crippen LogP contribution in [0.4, 0.5) is 17.5 Å². The monoisotopic (exact) mass is 470 g/mol. The minimum Gasteiger partial charge on any atom is -0.369 e. The van der Waals surface area contributed by atoms with E-state index in [2.05, 4.69) is 51.0 Å². The van der Waals surface area contributed by atoms with E-state index in [-0.39, 0.29) is 11.8 Å². The summed E-state index contributed by atoms with van der Waals surface area (Å²) in [5.74, 6) is 2.26. The van der Waals surface area contributed by atoms with Crippen LogP contribution in [-0.2, 0) is 4.79 Å². The number of benzene rings is 1. The molecule has 1 aromatic heterocycles. The topological polar surface area (TPSA) is 82.2 Å². The standard InChI is InChI=1S/C25H35ClN6O/c1-17-15-20(18-9-12-27-13-10-18)7-8-22(17)30-25-29-16-21(26)23(31-25)28-11-4-14-32(2)24(33)19-5-3-6-19/h7-8,15-16,18-19,27H,3-6,9-14H2,1-2H3,(H2,28,29,30,31). The zero-order valence-electron chi connectivity index (χ0n) is 19.7. The molecule has 2 aliphatic rings. The van der Waals surface area contributed by atoms with Crippen LogP contribution >= 0.6 is 11.6 Å². The average Bonchev–Trinajstić information content (AvgIpc) is 2.79. The molecule has 2 fully saturated rings. The molecule has 0 atom stereocenters. The highest BCUT2D eigenvalue weighted by Gasteiger charge is 2.27. The van der Waals surface area contributed by atoms with Crippen LogP contribution in [0.25, 0.3) is 0 Å². The summed E-state index contributed by atoms with van der Waals surface area (Å²) in [6.45, 7) is 5.70. The van der Waals surface area contributed by atoms with Gasteiger partial charge in [-0.05, 0) is 75.2 Å². The van der Waals surface area contributed by atoms with Crippen molar-refractivity contribution in [2.24, 2.45) is 5.92 Å². The smallest absolute Gasteiger partial charge is 0.229 e. The van der Waals surface area contributed by atoms with Crippen molar-refractivity contribution in [3.63, 3.8) is 0 Å². The first kappa shape index (κ1) is 23.8. The molecule has 1 aromatic carbocycles. The Labute approximate surface area is 201 Å². The van der Waals surface area contributed by atoms with Gasteiger partial charge in [-0.2, -0.15) is 4.98 Å². The molecule has 4 rings (SSSR count). The van der Waals surface area contributed by atoms with Crippen LogP contribution in [0.3, 0.4) is 0 Å². The molecule has 3 N–H and O–H groups in total. The summed E-state index contributed by atoms with van der Waals surface area (Å²) >= 11 is 6.31. The van der Waals surface area contributed by atoms with Crippen LogP contribution in [0.2, 0.25) is 5.02 Å². The molecule has 1 saturated carbocycles. The molecular weight excluding hydrogens is 436 g/mol. The van der Waals surface area contributed by atoms with Gasteiger partial charge in [-0.25, -0.2) is 4.98 Å². The van der Waals surface area contributed by atoms with E-state index >= 15 is 0 Å². The van der Waals surface area contributed by atoms with Gasteiger partial charge >= 0.3 is 0 Å². The van der Waals surface area contributed by atoms with E-state index in [1.165, 1.54) is 30.4 Å². The van der Waals surface area contributed by atoms with Crippen molar-refractivity contribution < 1.29 is 4.79 Å². The summed E-state index contributed by atoms with van der Waals surface area (Å²) < 4.78 is 0. The molecular formula is C25H35ClN6O. The summed E-state index contributed by atoms with van der Waals surface area (Å²) in [4.78, 5) is 23.0. The molecule has 178 valence electrons. The third-order valence-corrected chi connectivity index (χ3v) is 7.12. The minimum atomic E-state index is 0.241. The predicted octanol–water partition coefficient (Wildman–Crippen LogP) is 4.71. The van der Waals surface area contributed by atoms with Crippen LogP contribution in [0.5, 0.6) is 0 Å². The second-order valence-corrected chi connectivity index (χ2v) is 9.69. The third kappa shape index (κ3) is 6.15. The maximum absolute atomic E-state index is 12.3. The van der Waals surface area contributed by atoms with Crippen LogP contribution in [0, 0.1) is 12.8 Å². The van der Waals surface area contributed by atoms with Crippen LogP contribution in [-0.4, -0.2) is 54.0 Å². The van der Waals surface area contributed by atoms with Gasteiger partial charge in [0.2, 0.25) is 11.9 Å². The Balaban J connectivity index is 1.31. The van der Waals surface area contributed by atoms with Gasteiger partial charge in [-0.1, -0.05) is 30.2 Å². The number of nitrogens with one attached hydrogen (secondary N) is 3. The fourth-order valence-electron chi connectivity index (χ4n) is 4.51. The Morgan fingerprint density at radius 2 is 2.03 bits per heavy atom. The van der Waals surface area contributed by atoms with Gasteiger partial charge in [-0.3, -0.25) is 4.79 Å². The van der Waals surface area contributed by atoms with E-state index in [0.717, 1.165) is 44.6 Å². The largest absolute Gasteiger partial charge is 0.369 e. The molecule has 2 aromatic rings. The first-order chi connectivity index (χ1) is 16.0. The zero-order chi connectivity index (χ0) is 23.2. The number of aromatic nitrogens is 2. The van der Waals surface area contributed by atoms with Crippen molar-refractivity contribution >= 4 is 35.0 Å². The number of anilines is 3. The quantitative estimate of drug-likeness (QED) is 0.460. The Morgan fingerprint density at radius 1 is 1.24 bits per heavy atom. The SMILES string of the molecule is Cc1cc(C2CCNCC2)ccc1Nc1ncc(Cl)c(NCCCN(C)C(=O)C2CCC2)n1. The molecule has 1 saturated heterocycles. The second kappa shape index (κ2) is 11.2. The van der Waals surface area contributed by atoms with E-state index < -0.39 is 0 Å². The van der Waals surface area contributed by atoms with E-state index in [1.54, 1.807) is 6.20 Å². The van der Waals surface area contributed by atoms with Crippen molar-refractivity contribution in [1.29, 1.82) is 0 Å². The number of piperidine rings is 1. The lowest BCUT2D eigenvalue weighted by Gasteiger charge is -2.29. The van der Waals surface area contributed by atoms with Gasteiger partial charge < -0.3 is 20.9 Å². The maximum atomic E-state index is 12.3. The predicted molar refractivity (Wildman–Crippen MR) is 134 cm³/mol. The first-order valence-electron chi connectivity index (χ1n) is 12.1. The van der Waals surface area contributed by atoms with Crippen LogP contribution in [0.1, 0.15) is 55.6 Å². The van der Waals surface area contributed by atoms with Gasteiger partial charge in [0.25, 0.3) is 0 Å². The molecule has 0 radical (unpaired) electrons. The Bertz CT molecular complexity index is 958. The number of rotatable bonds is 9.